The summed E-state index contributed by atoms with van der Waals surface area (Å²) in [6.07, 6.45) is 3.22. The van der Waals surface area contributed by atoms with E-state index in [4.69, 9.17) is 0 Å². The van der Waals surface area contributed by atoms with Gasteiger partial charge in [-0.2, -0.15) is 0 Å². The molecule has 2 saturated heterocycles. The number of hydrogen-bond acceptors (Lipinski definition) is 6. The normalized spacial score (nSPS) is 26.1. The first-order chi connectivity index (χ1) is 13.9. The van der Waals surface area contributed by atoms with Crippen LogP contribution in [0.2, 0.25) is 0 Å². The molecule has 1 aromatic carbocycles. The van der Waals surface area contributed by atoms with Gasteiger partial charge in [0.05, 0.1) is 22.4 Å². The number of thiazole rings is 1. The molecule has 1 aromatic heterocycles. The number of piperidine rings is 1. The standard InChI is InChI=1S/C22H31FN4S2/c1-16(2)10-20-21(28-15-24-20)13-26-9-8-22(12-17(26)3)14-25(4)29-27(22)19-7-5-6-18(23)11-19/h5-7,11,15-17H,8-10,12-14H2,1-4H3. The first-order valence-corrected chi connectivity index (χ1v) is 12.1. The summed E-state index contributed by atoms with van der Waals surface area (Å²) in [7, 11) is 2.14. The fraction of sp³-hybridized carbons (Fsp3) is 0.591. The Labute approximate surface area is 182 Å². The minimum Gasteiger partial charge on any atom is -0.296 e. The lowest BCUT2D eigenvalue weighted by Crippen LogP contribution is -2.56. The summed E-state index contributed by atoms with van der Waals surface area (Å²) in [5, 5.41) is 0. The molecule has 0 radical (unpaired) electrons. The van der Waals surface area contributed by atoms with E-state index in [1.807, 2.05) is 17.6 Å². The van der Waals surface area contributed by atoms with Crippen LogP contribution in [0.5, 0.6) is 0 Å². The number of rotatable bonds is 5. The maximum Gasteiger partial charge on any atom is 0.125 e. The van der Waals surface area contributed by atoms with Crippen LogP contribution in [0.25, 0.3) is 0 Å². The van der Waals surface area contributed by atoms with Crippen LogP contribution in [0.4, 0.5) is 10.1 Å². The highest BCUT2D eigenvalue weighted by molar-refractivity contribution is 7.98. The molecule has 0 amide bonds. The Balaban J connectivity index is 1.49. The number of likely N-dealkylation sites (N-methyl/N-ethyl adjacent to an activating group) is 1. The summed E-state index contributed by atoms with van der Waals surface area (Å²) >= 11 is 3.52. The molecule has 7 heteroatoms. The molecule has 0 N–H and O–H groups in total. The number of likely N-dealkylation sites (tertiary alicyclic amines) is 1. The van der Waals surface area contributed by atoms with Crippen LogP contribution < -0.4 is 4.31 Å². The van der Waals surface area contributed by atoms with Gasteiger partial charge in [-0.3, -0.25) is 9.21 Å². The van der Waals surface area contributed by atoms with E-state index >= 15 is 0 Å². The molecule has 2 aliphatic rings. The highest BCUT2D eigenvalue weighted by atomic mass is 32.2. The number of nitrogens with zero attached hydrogens (tertiary/aromatic N) is 4. The summed E-state index contributed by atoms with van der Waals surface area (Å²) in [5.74, 6) is 0.463. The Bertz CT molecular complexity index is 842. The van der Waals surface area contributed by atoms with E-state index in [1.165, 1.54) is 16.6 Å². The molecular formula is C22H31FN4S2. The fourth-order valence-electron chi connectivity index (χ4n) is 4.73. The Morgan fingerprint density at radius 1 is 1.34 bits per heavy atom. The molecule has 3 heterocycles. The largest absolute Gasteiger partial charge is 0.296 e. The van der Waals surface area contributed by atoms with Crippen molar-refractivity contribution < 1.29 is 4.39 Å². The quantitative estimate of drug-likeness (QED) is 0.600. The third-order valence-electron chi connectivity index (χ3n) is 6.05. The Hall–Kier alpha value is -1.15. The molecule has 0 saturated carbocycles. The summed E-state index contributed by atoms with van der Waals surface area (Å²) in [6.45, 7) is 9.91. The Morgan fingerprint density at radius 2 is 2.17 bits per heavy atom. The molecule has 158 valence electrons. The van der Waals surface area contributed by atoms with E-state index in [1.54, 1.807) is 29.5 Å². The van der Waals surface area contributed by atoms with Gasteiger partial charge in [-0.15, -0.1) is 11.3 Å². The van der Waals surface area contributed by atoms with E-state index < -0.39 is 0 Å². The summed E-state index contributed by atoms with van der Waals surface area (Å²) in [4.78, 5) is 8.65. The maximum absolute atomic E-state index is 13.9. The second-order valence-corrected chi connectivity index (χ2v) is 11.1. The predicted molar refractivity (Wildman–Crippen MR) is 122 cm³/mol. The Kier molecular flexibility index (Phi) is 6.21. The van der Waals surface area contributed by atoms with Gasteiger partial charge in [0, 0.05) is 42.7 Å². The molecule has 0 bridgehead atoms. The lowest BCUT2D eigenvalue weighted by Gasteiger charge is -2.47. The monoisotopic (exact) mass is 434 g/mol. The third-order valence-corrected chi connectivity index (χ3v) is 8.08. The summed E-state index contributed by atoms with van der Waals surface area (Å²) in [5.41, 5.74) is 4.30. The third kappa shape index (κ3) is 4.48. The fourth-order valence-corrected chi connectivity index (χ4v) is 6.73. The van der Waals surface area contributed by atoms with Gasteiger partial charge in [-0.05, 0) is 57.4 Å². The highest BCUT2D eigenvalue weighted by Crippen LogP contribution is 2.47. The van der Waals surface area contributed by atoms with Crippen molar-refractivity contribution in [2.45, 2.75) is 58.2 Å². The molecule has 2 fully saturated rings. The first kappa shape index (κ1) is 21.1. The number of anilines is 1. The van der Waals surface area contributed by atoms with Crippen molar-refractivity contribution in [3.63, 3.8) is 0 Å². The van der Waals surface area contributed by atoms with Crippen molar-refractivity contribution in [3.05, 3.63) is 46.2 Å². The van der Waals surface area contributed by atoms with Crippen LogP contribution in [-0.4, -0.2) is 45.9 Å². The predicted octanol–water partition coefficient (Wildman–Crippen LogP) is 5.22. The van der Waals surface area contributed by atoms with Gasteiger partial charge < -0.3 is 0 Å². The highest BCUT2D eigenvalue weighted by Gasteiger charge is 2.49. The minimum absolute atomic E-state index is 0.0532. The van der Waals surface area contributed by atoms with Crippen molar-refractivity contribution in [1.29, 1.82) is 0 Å². The van der Waals surface area contributed by atoms with E-state index in [0.29, 0.717) is 12.0 Å². The number of aromatic nitrogens is 1. The molecule has 2 atom stereocenters. The zero-order chi connectivity index (χ0) is 20.6. The maximum atomic E-state index is 13.9. The van der Waals surface area contributed by atoms with Crippen LogP contribution in [0.15, 0.2) is 29.8 Å². The topological polar surface area (TPSA) is 22.6 Å². The SMILES string of the molecule is CC(C)Cc1ncsc1CN1CCC2(CC1C)CN(C)SN2c1cccc(F)c1. The van der Waals surface area contributed by atoms with Crippen molar-refractivity contribution in [2.75, 3.05) is 24.4 Å². The zero-order valence-electron chi connectivity index (χ0n) is 17.8. The van der Waals surface area contributed by atoms with Crippen molar-refractivity contribution in [1.82, 2.24) is 14.2 Å². The molecular weight excluding hydrogens is 403 g/mol. The number of halogens is 1. The number of benzene rings is 1. The van der Waals surface area contributed by atoms with Gasteiger partial charge in [-0.1, -0.05) is 19.9 Å². The van der Waals surface area contributed by atoms with Crippen LogP contribution in [0.1, 0.15) is 44.2 Å². The smallest absolute Gasteiger partial charge is 0.125 e. The van der Waals surface area contributed by atoms with Crippen LogP contribution in [0.3, 0.4) is 0 Å². The van der Waals surface area contributed by atoms with Gasteiger partial charge in [0.1, 0.15) is 5.82 Å². The summed E-state index contributed by atoms with van der Waals surface area (Å²) < 4.78 is 18.5. The molecule has 4 rings (SSSR count). The van der Waals surface area contributed by atoms with Crippen molar-refractivity contribution in [2.24, 2.45) is 5.92 Å². The van der Waals surface area contributed by atoms with Crippen molar-refractivity contribution >= 4 is 29.2 Å². The van der Waals surface area contributed by atoms with Crippen molar-refractivity contribution in [3.8, 4) is 0 Å². The Morgan fingerprint density at radius 3 is 2.90 bits per heavy atom. The molecule has 0 aliphatic carbocycles. The van der Waals surface area contributed by atoms with Crippen LogP contribution in [0, 0.1) is 11.7 Å². The number of hydrogen-bond donors (Lipinski definition) is 0. The van der Waals surface area contributed by atoms with Gasteiger partial charge in [0.15, 0.2) is 0 Å². The average Bonchev–Trinajstić information content (AvgIpc) is 3.21. The lowest BCUT2D eigenvalue weighted by molar-refractivity contribution is 0.101. The van der Waals surface area contributed by atoms with Gasteiger partial charge >= 0.3 is 0 Å². The van der Waals surface area contributed by atoms with Gasteiger partial charge in [0.2, 0.25) is 0 Å². The first-order valence-electron chi connectivity index (χ1n) is 10.5. The summed E-state index contributed by atoms with van der Waals surface area (Å²) in [6, 6.07) is 7.51. The molecule has 29 heavy (non-hydrogen) atoms. The van der Waals surface area contributed by atoms with E-state index in [9.17, 15) is 4.39 Å². The van der Waals surface area contributed by atoms with Gasteiger partial charge in [-0.25, -0.2) is 13.7 Å². The molecule has 2 unspecified atom stereocenters. The van der Waals surface area contributed by atoms with Gasteiger partial charge in [0.25, 0.3) is 0 Å². The van der Waals surface area contributed by atoms with Crippen LogP contribution >= 0.6 is 23.5 Å². The zero-order valence-corrected chi connectivity index (χ0v) is 19.4. The van der Waals surface area contributed by atoms with E-state index in [0.717, 1.165) is 44.6 Å². The molecule has 2 aromatic rings. The molecule has 2 aliphatic heterocycles. The van der Waals surface area contributed by atoms with E-state index in [-0.39, 0.29) is 11.4 Å². The minimum atomic E-state index is -0.166. The molecule has 1 spiro atoms. The van der Waals surface area contributed by atoms with Crippen LogP contribution in [-0.2, 0) is 13.0 Å². The second-order valence-electron chi connectivity index (χ2n) is 8.96. The molecule has 4 nitrogen and oxygen atoms in total. The lowest BCUT2D eigenvalue weighted by atomic mass is 9.83. The van der Waals surface area contributed by atoms with E-state index in [2.05, 4.69) is 46.3 Å². The second kappa shape index (κ2) is 8.53. The average molecular weight is 435 g/mol.